The minimum Gasteiger partial charge on any atom is -0.388 e. The number of hydrogen-bond donors (Lipinski definition) is 1. The predicted octanol–water partition coefficient (Wildman–Crippen LogP) is 2.91. The minimum atomic E-state index is -3.12. The molecule has 1 aromatic rings. The van der Waals surface area contributed by atoms with E-state index in [1.54, 1.807) is 11.3 Å². The van der Waals surface area contributed by atoms with E-state index in [1.807, 2.05) is 13.0 Å². The molecule has 2 rings (SSSR count). The number of nitrogens with zero attached hydrogens (tertiary/aromatic N) is 1. The van der Waals surface area contributed by atoms with E-state index in [4.69, 9.17) is 0 Å². The van der Waals surface area contributed by atoms with Crippen LogP contribution in [0.3, 0.4) is 0 Å². The van der Waals surface area contributed by atoms with Gasteiger partial charge in [-0.05, 0) is 54.1 Å². The lowest BCUT2D eigenvalue weighted by Crippen LogP contribution is -2.39. The highest BCUT2D eigenvalue weighted by atomic mass is 79.9. The molecule has 2 unspecified atom stereocenters. The van der Waals surface area contributed by atoms with Crippen LogP contribution in [0.4, 0.5) is 0 Å². The van der Waals surface area contributed by atoms with E-state index >= 15 is 0 Å². The van der Waals surface area contributed by atoms with Crippen LogP contribution >= 0.6 is 27.3 Å². The second-order valence-electron chi connectivity index (χ2n) is 5.43. The fraction of sp³-hybridized carbons (Fsp3) is 0.692. The monoisotopic (exact) mass is 381 g/mol. The number of aliphatic hydroxyl groups excluding tert-OH is 1. The average Bonchev–Trinajstić information content (AvgIpc) is 2.69. The standard InChI is InChI=1S/C13H20BrNO3S2/c1-9-11(14)7-13(19-9)12(16)6-10-4-3-5-15(8-10)20(2,17)18/h7,10,12,16H,3-6,8H2,1-2H3. The zero-order valence-electron chi connectivity index (χ0n) is 11.7. The summed E-state index contributed by atoms with van der Waals surface area (Å²) in [5.74, 6) is 0.231. The molecule has 0 radical (unpaired) electrons. The highest BCUT2D eigenvalue weighted by molar-refractivity contribution is 9.10. The highest BCUT2D eigenvalue weighted by Crippen LogP contribution is 2.35. The van der Waals surface area contributed by atoms with Crippen molar-refractivity contribution in [3.8, 4) is 0 Å². The summed E-state index contributed by atoms with van der Waals surface area (Å²) in [6.45, 7) is 3.15. The smallest absolute Gasteiger partial charge is 0.211 e. The fourth-order valence-corrected chi connectivity index (χ4v) is 5.10. The van der Waals surface area contributed by atoms with Crippen LogP contribution in [-0.2, 0) is 10.0 Å². The van der Waals surface area contributed by atoms with Crippen molar-refractivity contribution < 1.29 is 13.5 Å². The molecule has 1 aliphatic heterocycles. The Labute approximate surface area is 133 Å². The van der Waals surface area contributed by atoms with Gasteiger partial charge in [-0.3, -0.25) is 0 Å². The van der Waals surface area contributed by atoms with Gasteiger partial charge in [-0.25, -0.2) is 12.7 Å². The summed E-state index contributed by atoms with van der Waals surface area (Å²) in [5.41, 5.74) is 0. The summed E-state index contributed by atoms with van der Waals surface area (Å²) in [6, 6.07) is 1.96. The molecule has 1 N–H and O–H groups in total. The normalized spacial score (nSPS) is 22.9. The molecule has 4 nitrogen and oxygen atoms in total. The molecule has 20 heavy (non-hydrogen) atoms. The van der Waals surface area contributed by atoms with Crippen molar-refractivity contribution >= 4 is 37.3 Å². The number of thiophene rings is 1. The number of rotatable bonds is 4. The van der Waals surface area contributed by atoms with Crippen molar-refractivity contribution in [3.63, 3.8) is 0 Å². The summed E-state index contributed by atoms with van der Waals surface area (Å²) in [4.78, 5) is 2.10. The molecule has 0 bridgehead atoms. The van der Waals surface area contributed by atoms with Gasteiger partial charge in [0.15, 0.2) is 0 Å². The van der Waals surface area contributed by atoms with Gasteiger partial charge in [0.2, 0.25) is 10.0 Å². The van der Waals surface area contributed by atoms with Gasteiger partial charge < -0.3 is 5.11 Å². The topological polar surface area (TPSA) is 57.6 Å². The number of aliphatic hydroxyl groups is 1. The molecule has 1 aromatic heterocycles. The largest absolute Gasteiger partial charge is 0.388 e. The van der Waals surface area contributed by atoms with Crippen LogP contribution in [0.2, 0.25) is 0 Å². The first-order valence-electron chi connectivity index (χ1n) is 6.66. The average molecular weight is 382 g/mol. The Morgan fingerprint density at radius 3 is 2.85 bits per heavy atom. The van der Waals surface area contributed by atoms with E-state index in [9.17, 15) is 13.5 Å². The lowest BCUT2D eigenvalue weighted by atomic mass is 9.93. The van der Waals surface area contributed by atoms with Gasteiger partial charge in [-0.2, -0.15) is 0 Å². The zero-order chi connectivity index (χ0) is 14.9. The maximum atomic E-state index is 11.6. The molecule has 0 aliphatic carbocycles. The Morgan fingerprint density at radius 2 is 2.30 bits per heavy atom. The summed E-state index contributed by atoms with van der Waals surface area (Å²) in [5, 5.41) is 10.3. The Kier molecular flexibility index (Phi) is 5.29. The van der Waals surface area contributed by atoms with E-state index in [1.165, 1.54) is 10.6 Å². The summed E-state index contributed by atoms with van der Waals surface area (Å²) >= 11 is 5.05. The Balaban J connectivity index is 1.99. The Hall–Kier alpha value is 0.0500. The minimum absolute atomic E-state index is 0.231. The molecule has 2 atom stereocenters. The number of piperidine rings is 1. The summed E-state index contributed by atoms with van der Waals surface area (Å²) < 4.78 is 25.7. The van der Waals surface area contributed by atoms with E-state index in [2.05, 4.69) is 15.9 Å². The van der Waals surface area contributed by atoms with E-state index in [0.29, 0.717) is 19.5 Å². The molecule has 0 spiro atoms. The molecule has 7 heteroatoms. The first-order chi connectivity index (χ1) is 9.27. The third-order valence-corrected chi connectivity index (χ3v) is 7.22. The van der Waals surface area contributed by atoms with Crippen LogP contribution in [0.15, 0.2) is 10.5 Å². The van der Waals surface area contributed by atoms with Gasteiger partial charge in [-0.1, -0.05) is 0 Å². The van der Waals surface area contributed by atoms with Gasteiger partial charge in [0.25, 0.3) is 0 Å². The van der Waals surface area contributed by atoms with E-state index in [0.717, 1.165) is 27.1 Å². The molecular weight excluding hydrogens is 362 g/mol. The molecular formula is C13H20BrNO3S2. The SMILES string of the molecule is Cc1sc(C(O)CC2CCCN(S(C)(=O)=O)C2)cc1Br. The van der Waals surface area contributed by atoms with Crippen molar-refractivity contribution in [1.82, 2.24) is 4.31 Å². The van der Waals surface area contributed by atoms with Crippen LogP contribution in [0, 0.1) is 12.8 Å². The second kappa shape index (κ2) is 6.44. The third kappa shape index (κ3) is 4.04. The molecule has 0 saturated carbocycles. The Morgan fingerprint density at radius 1 is 1.60 bits per heavy atom. The first-order valence-corrected chi connectivity index (χ1v) is 10.1. The lowest BCUT2D eigenvalue weighted by molar-refractivity contribution is 0.125. The molecule has 2 heterocycles. The van der Waals surface area contributed by atoms with Crippen LogP contribution < -0.4 is 0 Å². The second-order valence-corrected chi connectivity index (χ2v) is 9.56. The van der Waals surface area contributed by atoms with E-state index < -0.39 is 16.1 Å². The summed E-state index contributed by atoms with van der Waals surface area (Å²) in [6.07, 6.45) is 3.23. The van der Waals surface area contributed by atoms with Gasteiger partial charge in [-0.15, -0.1) is 11.3 Å². The van der Waals surface area contributed by atoms with Crippen molar-refractivity contribution in [2.24, 2.45) is 5.92 Å². The van der Waals surface area contributed by atoms with Gasteiger partial charge >= 0.3 is 0 Å². The van der Waals surface area contributed by atoms with Crippen molar-refractivity contribution in [3.05, 3.63) is 20.3 Å². The van der Waals surface area contributed by atoms with Crippen molar-refractivity contribution in [1.29, 1.82) is 0 Å². The molecule has 1 aliphatic rings. The maximum absolute atomic E-state index is 11.6. The molecule has 1 fully saturated rings. The first kappa shape index (κ1) is 16.4. The molecule has 0 amide bonds. The number of aryl methyl sites for hydroxylation is 1. The van der Waals surface area contributed by atoms with Crippen molar-refractivity contribution in [2.45, 2.75) is 32.3 Å². The summed E-state index contributed by atoms with van der Waals surface area (Å²) in [7, 11) is -3.12. The lowest BCUT2D eigenvalue weighted by Gasteiger charge is -2.31. The third-order valence-electron chi connectivity index (χ3n) is 3.71. The van der Waals surface area contributed by atoms with Crippen molar-refractivity contribution in [2.75, 3.05) is 19.3 Å². The Bertz CT molecular complexity index is 551. The van der Waals surface area contributed by atoms with Gasteiger partial charge in [0, 0.05) is 27.3 Å². The number of halogens is 1. The van der Waals surface area contributed by atoms with Crippen LogP contribution in [0.1, 0.15) is 35.1 Å². The molecule has 1 saturated heterocycles. The predicted molar refractivity (Wildman–Crippen MR) is 85.5 cm³/mol. The van der Waals surface area contributed by atoms with Crippen LogP contribution in [-0.4, -0.2) is 37.2 Å². The number of hydrogen-bond acceptors (Lipinski definition) is 4. The van der Waals surface area contributed by atoms with E-state index in [-0.39, 0.29) is 5.92 Å². The van der Waals surface area contributed by atoms with Gasteiger partial charge in [0.1, 0.15) is 0 Å². The zero-order valence-corrected chi connectivity index (χ0v) is 14.9. The van der Waals surface area contributed by atoms with Gasteiger partial charge in [0.05, 0.1) is 12.4 Å². The molecule has 114 valence electrons. The van der Waals surface area contributed by atoms with Crippen LogP contribution in [0.5, 0.6) is 0 Å². The number of sulfonamides is 1. The highest BCUT2D eigenvalue weighted by Gasteiger charge is 2.28. The van der Waals surface area contributed by atoms with Crippen LogP contribution in [0.25, 0.3) is 0 Å². The molecule has 0 aromatic carbocycles. The maximum Gasteiger partial charge on any atom is 0.211 e. The quantitative estimate of drug-likeness (QED) is 0.871. The fourth-order valence-electron chi connectivity index (χ4n) is 2.60.